The summed E-state index contributed by atoms with van der Waals surface area (Å²) in [6.45, 7) is 7.03. The Hall–Kier alpha value is -2.33. The number of aromatic nitrogens is 1. The van der Waals surface area contributed by atoms with Crippen molar-refractivity contribution in [2.45, 2.75) is 36.8 Å². The Morgan fingerprint density at radius 1 is 1.19 bits per heavy atom. The highest BCUT2D eigenvalue weighted by Gasteiger charge is 2.49. The van der Waals surface area contributed by atoms with Crippen molar-refractivity contribution in [3.63, 3.8) is 0 Å². The van der Waals surface area contributed by atoms with E-state index >= 15 is 0 Å². The Kier molecular flexibility index (Phi) is 5.75. The third-order valence-corrected chi connectivity index (χ3v) is 8.48. The highest BCUT2D eigenvalue weighted by atomic mass is 32.2. The van der Waals surface area contributed by atoms with Crippen LogP contribution in [0.5, 0.6) is 0 Å². The lowest BCUT2D eigenvalue weighted by molar-refractivity contribution is -0.127. The molecule has 1 N–H and O–H groups in total. The molecule has 2 fully saturated rings. The van der Waals surface area contributed by atoms with Gasteiger partial charge in [0.2, 0.25) is 0 Å². The Morgan fingerprint density at radius 2 is 1.94 bits per heavy atom. The number of carbonyl (C=O) groups is 2. The number of thioether (sulfide) groups is 1. The molecular weight excluding hydrogens is 444 g/mol. The summed E-state index contributed by atoms with van der Waals surface area (Å²) >= 11 is 3.40. The molecule has 0 bridgehead atoms. The van der Waals surface area contributed by atoms with Crippen molar-refractivity contribution in [2.75, 3.05) is 32.4 Å². The highest BCUT2D eigenvalue weighted by Crippen LogP contribution is 2.32. The van der Waals surface area contributed by atoms with Crippen molar-refractivity contribution in [2.24, 2.45) is 16.8 Å². The molecule has 1 aromatic heterocycles. The highest BCUT2D eigenvalue weighted by molar-refractivity contribution is 8.01. The fraction of sp³-hybridized carbons (Fsp3) is 0.545. The number of piperidine rings is 1. The van der Waals surface area contributed by atoms with Gasteiger partial charge < -0.3 is 14.7 Å². The van der Waals surface area contributed by atoms with Crippen molar-refractivity contribution in [3.8, 4) is 0 Å². The van der Waals surface area contributed by atoms with Gasteiger partial charge in [-0.3, -0.25) is 10.1 Å². The quantitative estimate of drug-likeness (QED) is 0.689. The van der Waals surface area contributed by atoms with Crippen LogP contribution < -0.4 is 5.32 Å². The number of fused-ring (bicyclic) bond motifs is 2. The Balaban J connectivity index is 1.36. The lowest BCUT2D eigenvalue weighted by Crippen LogP contribution is -2.64. The second-order valence-corrected chi connectivity index (χ2v) is 11.4. The van der Waals surface area contributed by atoms with Crippen molar-refractivity contribution in [1.29, 1.82) is 0 Å². The smallest absolute Gasteiger partial charge is 0.325 e. The molecule has 3 aliphatic rings. The van der Waals surface area contributed by atoms with Crippen LogP contribution in [0.15, 0.2) is 33.6 Å². The second-order valence-electron chi connectivity index (χ2n) is 9.03. The molecule has 4 atom stereocenters. The second kappa shape index (κ2) is 8.55. The van der Waals surface area contributed by atoms with Gasteiger partial charge in [-0.05, 0) is 30.4 Å². The fourth-order valence-electron chi connectivity index (χ4n) is 4.98. The predicted octanol–water partition coefficient (Wildman–Crippen LogP) is 2.91. The fourth-order valence-corrected chi connectivity index (χ4v) is 7.06. The summed E-state index contributed by atoms with van der Waals surface area (Å²) in [7, 11) is 1.71. The molecule has 4 unspecified atom stereocenters. The van der Waals surface area contributed by atoms with E-state index in [0.29, 0.717) is 18.4 Å². The number of guanidine groups is 1. The average molecular weight is 473 g/mol. The number of rotatable bonds is 4. The van der Waals surface area contributed by atoms with Crippen LogP contribution >= 0.6 is 23.1 Å². The summed E-state index contributed by atoms with van der Waals surface area (Å²) in [5.74, 6) is 2.50. The van der Waals surface area contributed by atoms with Gasteiger partial charge in [0.25, 0.3) is 5.91 Å². The zero-order chi connectivity index (χ0) is 22.4. The summed E-state index contributed by atoms with van der Waals surface area (Å²) in [4.78, 5) is 40.6. The molecule has 1 aromatic carbocycles. The first kappa shape index (κ1) is 21.5. The zero-order valence-electron chi connectivity index (χ0n) is 18.5. The van der Waals surface area contributed by atoms with Crippen LogP contribution in [0.2, 0.25) is 0 Å². The normalized spacial score (nSPS) is 28.2. The molecule has 0 saturated carbocycles. The number of para-hydroxylation sites is 1. The minimum absolute atomic E-state index is 0.264. The third kappa shape index (κ3) is 3.94. The van der Waals surface area contributed by atoms with E-state index in [1.165, 1.54) is 11.1 Å². The molecule has 32 heavy (non-hydrogen) atoms. The number of benzene rings is 1. The number of thiazole rings is 1. The third-order valence-electron chi connectivity index (χ3n) is 6.32. The Morgan fingerprint density at radius 3 is 2.69 bits per heavy atom. The van der Waals surface area contributed by atoms with Crippen molar-refractivity contribution in [3.05, 3.63) is 24.3 Å². The molecule has 4 heterocycles. The molecule has 2 aromatic rings. The molecule has 3 amide bonds. The van der Waals surface area contributed by atoms with Crippen LogP contribution in [0.3, 0.4) is 0 Å². The summed E-state index contributed by atoms with van der Waals surface area (Å²) in [5.41, 5.74) is 1.02. The maximum absolute atomic E-state index is 12.8. The first-order valence-electron chi connectivity index (χ1n) is 11.1. The molecule has 170 valence electrons. The molecule has 3 aliphatic heterocycles. The number of nitrogens with zero attached hydrogens (tertiary/aromatic N) is 5. The number of likely N-dealkylation sites (tertiary alicyclic amines) is 1. The summed E-state index contributed by atoms with van der Waals surface area (Å²) in [6, 6.07) is 7.28. The number of urea groups is 1. The molecule has 0 radical (unpaired) electrons. The summed E-state index contributed by atoms with van der Waals surface area (Å²) in [5, 5.41) is 2.49. The number of hydrogen-bond donors (Lipinski definition) is 1. The van der Waals surface area contributed by atoms with E-state index in [1.54, 1.807) is 35.0 Å². The molecule has 0 spiro atoms. The SMILES string of the molecule is CC1CC(C)CN(C2=NC3C(C(=O)NC(=O)N3C)N2CCSc2nc3ccccc3s2)C1. The van der Waals surface area contributed by atoms with Gasteiger partial charge in [0, 0.05) is 32.4 Å². The maximum Gasteiger partial charge on any atom is 0.325 e. The Labute approximate surface area is 196 Å². The molecule has 5 rings (SSSR count). The molecular formula is C22H28N6O2S2. The van der Waals surface area contributed by atoms with Crippen LogP contribution in [-0.4, -0.2) is 82.2 Å². The minimum Gasteiger partial charge on any atom is -0.342 e. The maximum atomic E-state index is 12.8. The van der Waals surface area contributed by atoms with Gasteiger partial charge in [0.1, 0.15) is 0 Å². The Bertz CT molecular complexity index is 1030. The standard InChI is InChI=1S/C22H28N6O2S2/c1-13-10-14(2)12-27(11-13)20-24-18-17(19(29)25-21(30)26(18)3)28(20)8-9-31-22-23-15-6-4-5-7-16(15)32-22/h4-7,13-14,17-18H,8-12H2,1-3H3,(H,25,29,30). The lowest BCUT2D eigenvalue weighted by atomic mass is 9.92. The number of imide groups is 1. The van der Waals surface area contributed by atoms with Gasteiger partial charge in [-0.1, -0.05) is 37.7 Å². The molecule has 2 saturated heterocycles. The number of amides is 3. The van der Waals surface area contributed by atoms with E-state index in [4.69, 9.17) is 9.98 Å². The number of hydrogen-bond acceptors (Lipinski definition) is 8. The van der Waals surface area contributed by atoms with Crippen LogP contribution in [-0.2, 0) is 4.79 Å². The predicted molar refractivity (Wildman–Crippen MR) is 128 cm³/mol. The lowest BCUT2D eigenvalue weighted by Gasteiger charge is -2.41. The van der Waals surface area contributed by atoms with E-state index in [-0.39, 0.29) is 11.9 Å². The minimum atomic E-state index is -0.490. The summed E-state index contributed by atoms with van der Waals surface area (Å²) < 4.78 is 2.21. The first-order valence-corrected chi connectivity index (χ1v) is 12.9. The van der Waals surface area contributed by atoms with Gasteiger partial charge in [-0.2, -0.15) is 0 Å². The van der Waals surface area contributed by atoms with E-state index in [2.05, 4.69) is 35.0 Å². The van der Waals surface area contributed by atoms with Crippen molar-refractivity contribution < 1.29 is 9.59 Å². The van der Waals surface area contributed by atoms with E-state index < -0.39 is 12.2 Å². The van der Waals surface area contributed by atoms with Gasteiger partial charge >= 0.3 is 6.03 Å². The monoisotopic (exact) mass is 472 g/mol. The van der Waals surface area contributed by atoms with Gasteiger partial charge in [0.05, 0.1) is 10.2 Å². The van der Waals surface area contributed by atoms with E-state index in [9.17, 15) is 9.59 Å². The molecule has 8 nitrogen and oxygen atoms in total. The molecule has 0 aliphatic carbocycles. The van der Waals surface area contributed by atoms with Gasteiger partial charge in [-0.15, -0.1) is 11.3 Å². The van der Waals surface area contributed by atoms with E-state index in [1.807, 2.05) is 18.2 Å². The first-order chi connectivity index (χ1) is 15.4. The van der Waals surface area contributed by atoms with Gasteiger partial charge in [0.15, 0.2) is 22.5 Å². The van der Waals surface area contributed by atoms with Crippen molar-refractivity contribution >= 4 is 51.2 Å². The number of aliphatic imine (C=N–C) groups is 1. The van der Waals surface area contributed by atoms with E-state index in [0.717, 1.165) is 34.7 Å². The van der Waals surface area contributed by atoms with Crippen LogP contribution in [0.1, 0.15) is 20.3 Å². The number of carbonyl (C=O) groups excluding carboxylic acids is 2. The largest absolute Gasteiger partial charge is 0.342 e. The summed E-state index contributed by atoms with van der Waals surface area (Å²) in [6.07, 6.45) is 0.717. The van der Waals surface area contributed by atoms with Crippen LogP contribution in [0, 0.1) is 11.8 Å². The average Bonchev–Trinajstić information content (AvgIpc) is 3.33. The number of nitrogens with one attached hydrogen (secondary N) is 1. The van der Waals surface area contributed by atoms with Gasteiger partial charge in [-0.25, -0.2) is 14.8 Å². The van der Waals surface area contributed by atoms with Crippen molar-refractivity contribution in [1.82, 2.24) is 25.0 Å². The zero-order valence-corrected chi connectivity index (χ0v) is 20.2. The molecule has 10 heteroatoms. The number of likely N-dealkylation sites (N-methyl/N-ethyl adjacent to an activating group) is 1. The van der Waals surface area contributed by atoms with Crippen LogP contribution in [0.4, 0.5) is 4.79 Å². The topological polar surface area (TPSA) is 81.1 Å². The van der Waals surface area contributed by atoms with Crippen LogP contribution in [0.25, 0.3) is 10.2 Å².